The molecule has 0 radical (unpaired) electrons. The summed E-state index contributed by atoms with van der Waals surface area (Å²) in [6.45, 7) is 0. The zero-order valence-corrected chi connectivity index (χ0v) is 25.7. The Morgan fingerprint density at radius 3 is 1.32 bits per heavy atom. The monoisotopic (exact) mass is 601 g/mol. The summed E-state index contributed by atoms with van der Waals surface area (Å²) in [6, 6.07) is 65.6. The Kier molecular flexibility index (Phi) is 7.54. The molecule has 3 heteroatoms. The first-order chi connectivity index (χ1) is 23.3. The fourth-order valence-electron chi connectivity index (χ4n) is 6.16. The van der Waals surface area contributed by atoms with Crippen molar-refractivity contribution in [1.29, 1.82) is 0 Å². The van der Waals surface area contributed by atoms with Crippen LogP contribution in [-0.4, -0.2) is 9.97 Å². The summed E-state index contributed by atoms with van der Waals surface area (Å²) in [6.07, 6.45) is 0. The van der Waals surface area contributed by atoms with E-state index in [9.17, 15) is 0 Å². The van der Waals surface area contributed by atoms with E-state index in [0.29, 0.717) is 0 Å². The molecule has 0 aliphatic heterocycles. The van der Waals surface area contributed by atoms with Gasteiger partial charge in [-0.2, -0.15) is 0 Å². The van der Waals surface area contributed by atoms with Gasteiger partial charge in [-0.05, 0) is 59.2 Å². The number of anilines is 3. The van der Waals surface area contributed by atoms with Crippen molar-refractivity contribution in [3.63, 3.8) is 0 Å². The predicted octanol–water partition coefficient (Wildman–Crippen LogP) is 11.8. The van der Waals surface area contributed by atoms with Gasteiger partial charge >= 0.3 is 0 Å². The minimum atomic E-state index is 0.865. The van der Waals surface area contributed by atoms with Crippen LogP contribution in [0.5, 0.6) is 0 Å². The van der Waals surface area contributed by atoms with Gasteiger partial charge in [-0.3, -0.25) is 0 Å². The first-order valence-corrected chi connectivity index (χ1v) is 15.8. The maximum Gasteiger partial charge on any atom is 0.0973 e. The van der Waals surface area contributed by atoms with E-state index in [4.69, 9.17) is 9.97 Å². The number of para-hydroxylation sites is 3. The molecule has 0 saturated carbocycles. The topological polar surface area (TPSA) is 29.0 Å². The largest absolute Gasteiger partial charge is 0.310 e. The normalized spacial score (nSPS) is 11.0. The van der Waals surface area contributed by atoms with Crippen LogP contribution in [0.4, 0.5) is 17.1 Å². The van der Waals surface area contributed by atoms with E-state index < -0.39 is 0 Å². The van der Waals surface area contributed by atoms with E-state index in [-0.39, 0.29) is 0 Å². The SMILES string of the molecule is c1ccc(-c2ccc(-c3ccccc3)c(N(c3ccccc3)c3ccc(-c4nc5ccccc5nc4-c4ccccc4)cc3)c2)cc1. The van der Waals surface area contributed by atoms with Gasteiger partial charge in [-0.1, -0.05) is 146 Å². The molecule has 7 aromatic carbocycles. The summed E-state index contributed by atoms with van der Waals surface area (Å²) < 4.78 is 0. The lowest BCUT2D eigenvalue weighted by Crippen LogP contribution is -2.11. The number of rotatable bonds is 7. The Balaban J connectivity index is 1.30. The molecule has 0 bridgehead atoms. The smallest absolute Gasteiger partial charge is 0.0973 e. The van der Waals surface area contributed by atoms with E-state index in [0.717, 1.165) is 61.7 Å². The summed E-state index contributed by atoms with van der Waals surface area (Å²) in [5.74, 6) is 0. The third-order valence-electron chi connectivity index (χ3n) is 8.46. The van der Waals surface area contributed by atoms with Crippen LogP contribution in [0.1, 0.15) is 0 Å². The third-order valence-corrected chi connectivity index (χ3v) is 8.46. The van der Waals surface area contributed by atoms with Crippen molar-refractivity contribution in [1.82, 2.24) is 9.97 Å². The molecular formula is C44H31N3. The van der Waals surface area contributed by atoms with Crippen LogP contribution in [0.25, 0.3) is 55.8 Å². The third kappa shape index (κ3) is 5.67. The summed E-state index contributed by atoms with van der Waals surface area (Å²) in [7, 11) is 0. The van der Waals surface area contributed by atoms with Crippen molar-refractivity contribution in [2.75, 3.05) is 4.90 Å². The molecule has 47 heavy (non-hydrogen) atoms. The highest BCUT2D eigenvalue weighted by Crippen LogP contribution is 2.43. The lowest BCUT2D eigenvalue weighted by Gasteiger charge is -2.28. The van der Waals surface area contributed by atoms with Gasteiger partial charge in [0, 0.05) is 28.1 Å². The average Bonchev–Trinajstić information content (AvgIpc) is 3.16. The van der Waals surface area contributed by atoms with Crippen molar-refractivity contribution in [3.8, 4) is 44.8 Å². The molecule has 0 aliphatic carbocycles. The fourth-order valence-corrected chi connectivity index (χ4v) is 6.16. The van der Waals surface area contributed by atoms with Crippen molar-refractivity contribution >= 4 is 28.1 Å². The van der Waals surface area contributed by atoms with Gasteiger partial charge in [0.05, 0.1) is 28.1 Å². The molecule has 8 aromatic rings. The van der Waals surface area contributed by atoms with Gasteiger partial charge in [0.15, 0.2) is 0 Å². The molecule has 0 unspecified atom stereocenters. The van der Waals surface area contributed by atoms with Gasteiger partial charge in [-0.25, -0.2) is 9.97 Å². The van der Waals surface area contributed by atoms with Gasteiger partial charge < -0.3 is 4.90 Å². The number of hydrogen-bond donors (Lipinski definition) is 0. The van der Waals surface area contributed by atoms with E-state index >= 15 is 0 Å². The highest BCUT2D eigenvalue weighted by molar-refractivity contribution is 5.92. The molecule has 1 aromatic heterocycles. The molecule has 0 N–H and O–H groups in total. The van der Waals surface area contributed by atoms with Crippen molar-refractivity contribution in [3.05, 3.63) is 188 Å². The van der Waals surface area contributed by atoms with Crippen LogP contribution < -0.4 is 4.90 Å². The van der Waals surface area contributed by atoms with E-state index in [1.54, 1.807) is 0 Å². The molecular weight excluding hydrogens is 571 g/mol. The minimum absolute atomic E-state index is 0.865. The number of aromatic nitrogens is 2. The lowest BCUT2D eigenvalue weighted by molar-refractivity contribution is 1.27. The molecule has 0 atom stereocenters. The summed E-state index contributed by atoms with van der Waals surface area (Å²) in [5.41, 5.74) is 13.5. The Bertz CT molecular complexity index is 2270. The molecule has 0 saturated heterocycles. The maximum atomic E-state index is 5.14. The highest BCUT2D eigenvalue weighted by Gasteiger charge is 2.19. The van der Waals surface area contributed by atoms with Crippen molar-refractivity contribution < 1.29 is 0 Å². The fraction of sp³-hybridized carbons (Fsp3) is 0. The summed E-state index contributed by atoms with van der Waals surface area (Å²) in [5, 5.41) is 0. The molecule has 0 aliphatic rings. The van der Waals surface area contributed by atoms with Gasteiger partial charge in [0.1, 0.15) is 0 Å². The van der Waals surface area contributed by atoms with Gasteiger partial charge in [0.2, 0.25) is 0 Å². The van der Waals surface area contributed by atoms with Crippen molar-refractivity contribution in [2.45, 2.75) is 0 Å². The Morgan fingerprint density at radius 2 is 0.745 bits per heavy atom. The molecule has 0 spiro atoms. The van der Waals surface area contributed by atoms with Crippen LogP contribution in [0.3, 0.4) is 0 Å². The highest BCUT2D eigenvalue weighted by atomic mass is 15.1. The Morgan fingerprint density at radius 1 is 0.319 bits per heavy atom. The molecule has 1 heterocycles. The minimum Gasteiger partial charge on any atom is -0.310 e. The van der Waals surface area contributed by atoms with Crippen LogP contribution in [0.15, 0.2) is 188 Å². The van der Waals surface area contributed by atoms with Crippen LogP contribution in [0, 0.1) is 0 Å². The van der Waals surface area contributed by atoms with E-state index in [1.165, 1.54) is 11.1 Å². The van der Waals surface area contributed by atoms with Crippen LogP contribution in [-0.2, 0) is 0 Å². The number of fused-ring (bicyclic) bond motifs is 1. The number of nitrogens with zero attached hydrogens (tertiary/aromatic N) is 3. The molecule has 222 valence electrons. The van der Waals surface area contributed by atoms with E-state index in [1.807, 2.05) is 42.5 Å². The second-order valence-electron chi connectivity index (χ2n) is 11.5. The first kappa shape index (κ1) is 28.2. The van der Waals surface area contributed by atoms with Crippen LogP contribution >= 0.6 is 0 Å². The molecule has 0 amide bonds. The Hall–Kier alpha value is -6.32. The molecule has 0 fully saturated rings. The quantitative estimate of drug-likeness (QED) is 0.182. The maximum absolute atomic E-state index is 5.14. The van der Waals surface area contributed by atoms with Gasteiger partial charge in [0.25, 0.3) is 0 Å². The van der Waals surface area contributed by atoms with Gasteiger partial charge in [-0.15, -0.1) is 0 Å². The number of benzene rings is 7. The standard InChI is InChI=1S/C44H31N3/c1-5-15-32(16-6-1)36-27-30-39(33-17-7-2-8-18-33)42(31-36)47(37-21-11-4-12-22-37)38-28-25-35(26-29-38)44-43(34-19-9-3-10-20-34)45-40-23-13-14-24-41(40)46-44/h1-31H. The summed E-state index contributed by atoms with van der Waals surface area (Å²) in [4.78, 5) is 12.6. The van der Waals surface area contributed by atoms with Crippen LogP contribution in [0.2, 0.25) is 0 Å². The summed E-state index contributed by atoms with van der Waals surface area (Å²) >= 11 is 0. The zero-order valence-electron chi connectivity index (χ0n) is 25.7. The Labute approximate surface area is 275 Å². The lowest BCUT2D eigenvalue weighted by atomic mass is 9.96. The predicted molar refractivity (Wildman–Crippen MR) is 196 cm³/mol. The second-order valence-corrected chi connectivity index (χ2v) is 11.5. The average molecular weight is 602 g/mol. The number of hydrogen-bond acceptors (Lipinski definition) is 3. The molecule has 8 rings (SSSR count). The first-order valence-electron chi connectivity index (χ1n) is 15.8. The second kappa shape index (κ2) is 12.6. The van der Waals surface area contributed by atoms with Crippen molar-refractivity contribution in [2.24, 2.45) is 0 Å². The molecule has 3 nitrogen and oxygen atoms in total. The zero-order chi connectivity index (χ0) is 31.4. The van der Waals surface area contributed by atoms with E-state index in [2.05, 4.69) is 150 Å².